The number of nitrogens with two attached hydrogens (primary N) is 1. The molecule has 4 heteroatoms. The number of carbonyl (C=O) groups is 1. The Kier molecular flexibility index (Phi) is 6.18. The van der Waals surface area contributed by atoms with Crippen LogP contribution in [0.3, 0.4) is 0 Å². The van der Waals surface area contributed by atoms with Crippen LogP contribution in [0, 0.1) is 13.8 Å². The SMILES string of the molecule is Cc1cccc(Nc2ccccc2C(=O)NCCCCN)c1C. The average Bonchev–Trinajstić information content (AvgIpc) is 2.56. The van der Waals surface area contributed by atoms with E-state index in [1.165, 1.54) is 11.1 Å². The lowest BCUT2D eigenvalue weighted by Gasteiger charge is -2.15. The molecular weight excluding hydrogens is 286 g/mol. The summed E-state index contributed by atoms with van der Waals surface area (Å²) >= 11 is 0. The summed E-state index contributed by atoms with van der Waals surface area (Å²) < 4.78 is 0. The van der Waals surface area contributed by atoms with Crippen molar-refractivity contribution in [1.29, 1.82) is 0 Å². The molecule has 122 valence electrons. The summed E-state index contributed by atoms with van der Waals surface area (Å²) in [5.41, 5.74) is 10.4. The fourth-order valence-corrected chi connectivity index (χ4v) is 2.39. The van der Waals surface area contributed by atoms with E-state index in [9.17, 15) is 4.79 Å². The molecule has 0 atom stereocenters. The van der Waals surface area contributed by atoms with Gasteiger partial charge in [-0.1, -0.05) is 24.3 Å². The number of carbonyl (C=O) groups excluding carboxylic acids is 1. The summed E-state index contributed by atoms with van der Waals surface area (Å²) in [5, 5.41) is 6.33. The van der Waals surface area contributed by atoms with Gasteiger partial charge in [0.2, 0.25) is 0 Å². The van der Waals surface area contributed by atoms with Crippen molar-refractivity contribution in [3.05, 3.63) is 59.2 Å². The number of hydrogen-bond donors (Lipinski definition) is 3. The Morgan fingerprint density at radius 2 is 1.74 bits per heavy atom. The van der Waals surface area contributed by atoms with Gasteiger partial charge in [0.15, 0.2) is 0 Å². The van der Waals surface area contributed by atoms with Crippen molar-refractivity contribution in [3.8, 4) is 0 Å². The molecule has 23 heavy (non-hydrogen) atoms. The first-order valence-electron chi connectivity index (χ1n) is 8.04. The fourth-order valence-electron chi connectivity index (χ4n) is 2.39. The maximum Gasteiger partial charge on any atom is 0.253 e. The van der Waals surface area contributed by atoms with E-state index in [2.05, 4.69) is 30.5 Å². The van der Waals surface area contributed by atoms with E-state index in [4.69, 9.17) is 5.73 Å². The van der Waals surface area contributed by atoms with Gasteiger partial charge in [0.05, 0.1) is 11.3 Å². The molecule has 0 saturated heterocycles. The molecular formula is C19H25N3O. The quantitative estimate of drug-likeness (QED) is 0.685. The molecule has 0 aliphatic rings. The number of hydrogen-bond acceptors (Lipinski definition) is 3. The van der Waals surface area contributed by atoms with E-state index in [0.717, 1.165) is 24.2 Å². The number of amides is 1. The lowest BCUT2D eigenvalue weighted by atomic mass is 10.1. The molecule has 0 aliphatic heterocycles. The molecule has 0 spiro atoms. The van der Waals surface area contributed by atoms with E-state index < -0.39 is 0 Å². The minimum absolute atomic E-state index is 0.0598. The smallest absolute Gasteiger partial charge is 0.253 e. The van der Waals surface area contributed by atoms with Crippen molar-refractivity contribution >= 4 is 17.3 Å². The molecule has 4 nitrogen and oxygen atoms in total. The van der Waals surface area contributed by atoms with Crippen molar-refractivity contribution < 1.29 is 4.79 Å². The highest BCUT2D eigenvalue weighted by atomic mass is 16.1. The van der Waals surface area contributed by atoms with Gasteiger partial charge >= 0.3 is 0 Å². The van der Waals surface area contributed by atoms with E-state index in [0.29, 0.717) is 18.7 Å². The number of rotatable bonds is 7. The first-order valence-corrected chi connectivity index (χ1v) is 8.04. The Labute approximate surface area is 138 Å². The normalized spacial score (nSPS) is 10.4. The van der Waals surface area contributed by atoms with Crippen molar-refractivity contribution in [2.24, 2.45) is 5.73 Å². The topological polar surface area (TPSA) is 67.2 Å². The molecule has 2 aromatic rings. The summed E-state index contributed by atoms with van der Waals surface area (Å²) in [7, 11) is 0. The minimum atomic E-state index is -0.0598. The maximum absolute atomic E-state index is 12.4. The van der Waals surface area contributed by atoms with Crippen molar-refractivity contribution in [1.82, 2.24) is 5.32 Å². The Morgan fingerprint density at radius 3 is 2.52 bits per heavy atom. The van der Waals surface area contributed by atoms with Crippen LogP contribution in [-0.4, -0.2) is 19.0 Å². The second kappa shape index (κ2) is 8.34. The number of para-hydroxylation sites is 1. The van der Waals surface area contributed by atoms with Crippen LogP contribution in [0.2, 0.25) is 0 Å². The first-order chi connectivity index (χ1) is 11.1. The second-order valence-corrected chi connectivity index (χ2v) is 5.67. The van der Waals surface area contributed by atoms with Gasteiger partial charge in [-0.3, -0.25) is 4.79 Å². The minimum Gasteiger partial charge on any atom is -0.355 e. The highest BCUT2D eigenvalue weighted by Crippen LogP contribution is 2.25. The van der Waals surface area contributed by atoms with E-state index >= 15 is 0 Å². The number of benzene rings is 2. The third kappa shape index (κ3) is 4.57. The zero-order valence-electron chi connectivity index (χ0n) is 13.9. The molecule has 0 heterocycles. The summed E-state index contributed by atoms with van der Waals surface area (Å²) in [6.07, 6.45) is 1.82. The Bertz CT molecular complexity index is 667. The standard InChI is InChI=1S/C19H25N3O/c1-14-8-7-11-17(15(14)2)22-18-10-4-3-9-16(18)19(23)21-13-6-5-12-20/h3-4,7-11,22H,5-6,12-13,20H2,1-2H3,(H,21,23). The highest BCUT2D eigenvalue weighted by Gasteiger charge is 2.11. The molecule has 0 fully saturated rings. The van der Waals surface area contributed by atoms with Gasteiger partial charge in [-0.2, -0.15) is 0 Å². The molecule has 0 radical (unpaired) electrons. The number of unbranched alkanes of at least 4 members (excludes halogenated alkanes) is 1. The van der Waals surface area contributed by atoms with Gasteiger partial charge in [-0.15, -0.1) is 0 Å². The van der Waals surface area contributed by atoms with Crippen LogP contribution in [0.25, 0.3) is 0 Å². The Balaban J connectivity index is 2.14. The summed E-state index contributed by atoms with van der Waals surface area (Å²) in [6, 6.07) is 13.7. The zero-order valence-corrected chi connectivity index (χ0v) is 13.9. The Hall–Kier alpha value is -2.33. The predicted molar refractivity (Wildman–Crippen MR) is 96.3 cm³/mol. The highest BCUT2D eigenvalue weighted by molar-refractivity contribution is 6.00. The van der Waals surface area contributed by atoms with Crippen LogP contribution < -0.4 is 16.4 Å². The molecule has 0 unspecified atom stereocenters. The third-order valence-electron chi connectivity index (χ3n) is 3.96. The molecule has 1 amide bonds. The van der Waals surface area contributed by atoms with Crippen LogP contribution in [0.5, 0.6) is 0 Å². The van der Waals surface area contributed by atoms with Crippen LogP contribution in [0.1, 0.15) is 34.3 Å². The first kappa shape index (κ1) is 17.0. The lowest BCUT2D eigenvalue weighted by molar-refractivity contribution is 0.0954. The summed E-state index contributed by atoms with van der Waals surface area (Å²) in [4.78, 5) is 12.4. The molecule has 0 saturated carbocycles. The number of aryl methyl sites for hydroxylation is 1. The molecule has 0 aromatic heterocycles. The molecule has 2 aromatic carbocycles. The summed E-state index contributed by atoms with van der Waals surface area (Å²) in [5.74, 6) is -0.0598. The van der Waals surface area contributed by atoms with Crippen LogP contribution >= 0.6 is 0 Å². The molecule has 4 N–H and O–H groups in total. The number of nitrogens with one attached hydrogen (secondary N) is 2. The maximum atomic E-state index is 12.4. The van der Waals surface area contributed by atoms with Gasteiger partial charge < -0.3 is 16.4 Å². The third-order valence-corrected chi connectivity index (χ3v) is 3.96. The largest absolute Gasteiger partial charge is 0.355 e. The van der Waals surface area contributed by atoms with Gasteiger partial charge in [0, 0.05) is 12.2 Å². The van der Waals surface area contributed by atoms with Gasteiger partial charge in [-0.25, -0.2) is 0 Å². The second-order valence-electron chi connectivity index (χ2n) is 5.67. The molecule has 0 bridgehead atoms. The van der Waals surface area contributed by atoms with Crippen LogP contribution in [0.15, 0.2) is 42.5 Å². The van der Waals surface area contributed by atoms with E-state index in [1.807, 2.05) is 36.4 Å². The zero-order chi connectivity index (χ0) is 16.7. The fraction of sp³-hybridized carbons (Fsp3) is 0.316. The lowest BCUT2D eigenvalue weighted by Crippen LogP contribution is -2.25. The van der Waals surface area contributed by atoms with E-state index in [1.54, 1.807) is 0 Å². The van der Waals surface area contributed by atoms with Gasteiger partial charge in [0.25, 0.3) is 5.91 Å². The van der Waals surface area contributed by atoms with E-state index in [-0.39, 0.29) is 5.91 Å². The van der Waals surface area contributed by atoms with Gasteiger partial charge in [-0.05, 0) is 62.6 Å². The predicted octanol–water partition coefficient (Wildman–Crippen LogP) is 3.52. The molecule has 2 rings (SSSR count). The Morgan fingerprint density at radius 1 is 1.00 bits per heavy atom. The molecule has 0 aliphatic carbocycles. The van der Waals surface area contributed by atoms with Crippen molar-refractivity contribution in [2.45, 2.75) is 26.7 Å². The average molecular weight is 311 g/mol. The van der Waals surface area contributed by atoms with Crippen molar-refractivity contribution in [3.63, 3.8) is 0 Å². The van der Waals surface area contributed by atoms with Crippen LogP contribution in [-0.2, 0) is 0 Å². The summed E-state index contributed by atoms with van der Waals surface area (Å²) in [6.45, 7) is 5.46. The monoisotopic (exact) mass is 311 g/mol. The van der Waals surface area contributed by atoms with Crippen LogP contribution in [0.4, 0.5) is 11.4 Å². The van der Waals surface area contributed by atoms with Gasteiger partial charge in [0.1, 0.15) is 0 Å². The number of anilines is 2. The van der Waals surface area contributed by atoms with Crippen molar-refractivity contribution in [2.75, 3.05) is 18.4 Å².